The Balaban J connectivity index is 1.60. The molecule has 0 aliphatic rings. The van der Waals surface area contributed by atoms with Gasteiger partial charge in [-0.15, -0.1) is 10.2 Å². The third-order valence-electron chi connectivity index (χ3n) is 4.53. The lowest BCUT2D eigenvalue weighted by Crippen LogP contribution is -2.15. The Bertz CT molecular complexity index is 974. The second kappa shape index (κ2) is 10.6. The molecule has 8 heteroatoms. The zero-order valence-electron chi connectivity index (χ0n) is 17.3. The van der Waals surface area contributed by atoms with Crippen LogP contribution in [0.5, 0.6) is 5.75 Å². The molecule has 1 atom stereocenters. The van der Waals surface area contributed by atoms with Crippen LogP contribution >= 0.6 is 27.7 Å². The molecule has 0 aliphatic carbocycles. The maximum Gasteiger partial charge on any atom is 0.234 e. The van der Waals surface area contributed by atoms with Crippen molar-refractivity contribution in [2.24, 2.45) is 0 Å². The van der Waals surface area contributed by atoms with Crippen molar-refractivity contribution in [3.63, 3.8) is 0 Å². The lowest BCUT2D eigenvalue weighted by Gasteiger charge is -2.15. The number of aryl methyl sites for hydroxylation is 1. The zero-order chi connectivity index (χ0) is 21.5. The molecular weight excluding hydrogens is 464 g/mol. The highest BCUT2D eigenvalue weighted by Gasteiger charge is 2.19. The molecule has 0 aliphatic heterocycles. The maximum atomic E-state index is 12.3. The standard InChI is InChI=1S/C22H25BrN4O2S/c1-4-16-6-10-18(11-7-16)24-20(28)14-30-22-26-25-21(27(22)5-2)15(3)29-19-12-8-17(23)9-13-19/h6-13,15H,4-5,14H2,1-3H3,(H,24,28). The largest absolute Gasteiger partial charge is 0.483 e. The Hall–Kier alpha value is -2.32. The van der Waals surface area contributed by atoms with E-state index in [9.17, 15) is 4.79 Å². The molecule has 1 N–H and O–H groups in total. The first-order chi connectivity index (χ1) is 14.5. The molecule has 158 valence electrons. The first kappa shape index (κ1) is 22.4. The Labute approximate surface area is 189 Å². The Morgan fingerprint density at radius 2 is 1.83 bits per heavy atom. The summed E-state index contributed by atoms with van der Waals surface area (Å²) in [5, 5.41) is 12.2. The summed E-state index contributed by atoms with van der Waals surface area (Å²) in [5.74, 6) is 1.68. The highest BCUT2D eigenvalue weighted by molar-refractivity contribution is 9.10. The van der Waals surface area contributed by atoms with Crippen molar-refractivity contribution in [1.29, 1.82) is 0 Å². The second-order valence-corrected chi connectivity index (χ2v) is 8.54. The van der Waals surface area contributed by atoms with Gasteiger partial charge in [0.15, 0.2) is 17.1 Å². The molecule has 30 heavy (non-hydrogen) atoms. The van der Waals surface area contributed by atoms with Gasteiger partial charge >= 0.3 is 0 Å². The monoisotopic (exact) mass is 488 g/mol. The number of thioether (sulfide) groups is 1. The average molecular weight is 489 g/mol. The van der Waals surface area contributed by atoms with Gasteiger partial charge in [-0.1, -0.05) is 46.7 Å². The van der Waals surface area contributed by atoms with E-state index in [0.717, 1.165) is 28.2 Å². The van der Waals surface area contributed by atoms with Gasteiger partial charge in [0.1, 0.15) is 5.75 Å². The molecule has 0 radical (unpaired) electrons. The number of carbonyl (C=O) groups is 1. The van der Waals surface area contributed by atoms with Gasteiger partial charge in [-0.25, -0.2) is 0 Å². The molecule has 1 heterocycles. The summed E-state index contributed by atoms with van der Waals surface area (Å²) in [6.07, 6.45) is 0.710. The minimum atomic E-state index is -0.265. The van der Waals surface area contributed by atoms with E-state index in [1.54, 1.807) is 0 Å². The Morgan fingerprint density at radius 3 is 2.47 bits per heavy atom. The van der Waals surface area contributed by atoms with E-state index in [-0.39, 0.29) is 17.8 Å². The molecule has 0 saturated carbocycles. The third-order valence-corrected chi connectivity index (χ3v) is 6.03. The van der Waals surface area contributed by atoms with Crippen molar-refractivity contribution in [3.05, 3.63) is 64.4 Å². The lowest BCUT2D eigenvalue weighted by molar-refractivity contribution is -0.113. The van der Waals surface area contributed by atoms with Gasteiger partial charge in [0.25, 0.3) is 0 Å². The molecule has 1 amide bonds. The molecule has 3 rings (SSSR count). The fourth-order valence-corrected chi connectivity index (χ4v) is 4.00. The minimum absolute atomic E-state index is 0.0735. The molecule has 2 aromatic carbocycles. The van der Waals surface area contributed by atoms with Gasteiger partial charge in [0, 0.05) is 16.7 Å². The van der Waals surface area contributed by atoms with Crippen molar-refractivity contribution in [2.45, 2.75) is 45.0 Å². The number of ether oxygens (including phenoxy) is 1. The number of anilines is 1. The zero-order valence-corrected chi connectivity index (χ0v) is 19.7. The van der Waals surface area contributed by atoms with Crippen LogP contribution in [0.15, 0.2) is 58.2 Å². The number of amides is 1. The summed E-state index contributed by atoms with van der Waals surface area (Å²) >= 11 is 4.79. The van der Waals surface area contributed by atoms with E-state index in [0.29, 0.717) is 11.7 Å². The van der Waals surface area contributed by atoms with E-state index < -0.39 is 0 Å². The number of carbonyl (C=O) groups excluding carboxylic acids is 1. The topological polar surface area (TPSA) is 69.0 Å². The van der Waals surface area contributed by atoms with Crippen molar-refractivity contribution < 1.29 is 9.53 Å². The van der Waals surface area contributed by atoms with Crippen LogP contribution in [0, 0.1) is 0 Å². The van der Waals surface area contributed by atoms with E-state index in [4.69, 9.17) is 4.74 Å². The fraction of sp³-hybridized carbons (Fsp3) is 0.318. The number of hydrogen-bond donors (Lipinski definition) is 1. The van der Waals surface area contributed by atoms with Crippen molar-refractivity contribution in [2.75, 3.05) is 11.1 Å². The number of aromatic nitrogens is 3. The van der Waals surface area contributed by atoms with Gasteiger partial charge in [-0.3, -0.25) is 4.79 Å². The third kappa shape index (κ3) is 5.86. The Kier molecular flexibility index (Phi) is 7.93. The van der Waals surface area contributed by atoms with Crippen molar-refractivity contribution in [1.82, 2.24) is 14.8 Å². The molecule has 0 saturated heterocycles. The number of nitrogens with one attached hydrogen (secondary N) is 1. The molecule has 0 spiro atoms. The first-order valence-electron chi connectivity index (χ1n) is 9.87. The van der Waals surface area contributed by atoms with Crippen molar-refractivity contribution in [3.8, 4) is 5.75 Å². The number of rotatable bonds is 9. The molecular formula is C22H25BrN4O2S. The molecule has 6 nitrogen and oxygen atoms in total. The van der Waals surface area contributed by atoms with E-state index >= 15 is 0 Å². The first-order valence-corrected chi connectivity index (χ1v) is 11.6. The molecule has 1 unspecified atom stereocenters. The predicted octanol–water partition coefficient (Wildman–Crippen LogP) is 5.49. The predicted molar refractivity (Wildman–Crippen MR) is 124 cm³/mol. The van der Waals surface area contributed by atoms with Crippen molar-refractivity contribution >= 4 is 39.3 Å². The van der Waals surface area contributed by atoms with E-state index in [2.05, 4.69) is 38.4 Å². The summed E-state index contributed by atoms with van der Waals surface area (Å²) in [5.41, 5.74) is 2.04. The van der Waals surface area contributed by atoms with Crippen LogP contribution < -0.4 is 10.1 Å². The summed E-state index contributed by atoms with van der Waals surface area (Å²) < 4.78 is 8.98. The highest BCUT2D eigenvalue weighted by Crippen LogP contribution is 2.25. The van der Waals surface area contributed by atoms with E-state index in [1.807, 2.05) is 66.9 Å². The number of hydrogen-bond acceptors (Lipinski definition) is 5. The van der Waals surface area contributed by atoms with Crippen LogP contribution in [-0.2, 0) is 17.8 Å². The van der Waals surface area contributed by atoms with Crippen LogP contribution in [0.1, 0.15) is 38.3 Å². The fourth-order valence-electron chi connectivity index (χ4n) is 2.93. The highest BCUT2D eigenvalue weighted by atomic mass is 79.9. The minimum Gasteiger partial charge on any atom is -0.483 e. The van der Waals surface area contributed by atoms with Crippen LogP contribution in [0.4, 0.5) is 5.69 Å². The number of benzene rings is 2. The van der Waals surface area contributed by atoms with Crippen LogP contribution in [0.25, 0.3) is 0 Å². The van der Waals surface area contributed by atoms with Gasteiger partial charge < -0.3 is 14.6 Å². The van der Waals surface area contributed by atoms with Gasteiger partial charge in [-0.2, -0.15) is 0 Å². The average Bonchev–Trinajstić information content (AvgIpc) is 3.17. The summed E-state index contributed by atoms with van der Waals surface area (Å²) in [6, 6.07) is 15.6. The Morgan fingerprint density at radius 1 is 1.13 bits per heavy atom. The van der Waals surface area contributed by atoms with Gasteiger partial charge in [-0.05, 0) is 62.2 Å². The van der Waals surface area contributed by atoms with E-state index in [1.165, 1.54) is 17.3 Å². The number of nitrogens with zero attached hydrogens (tertiary/aromatic N) is 3. The molecule has 3 aromatic rings. The summed E-state index contributed by atoms with van der Waals surface area (Å²) in [6.45, 7) is 6.77. The van der Waals surface area contributed by atoms with Crippen LogP contribution in [0.3, 0.4) is 0 Å². The van der Waals surface area contributed by atoms with Gasteiger partial charge in [0.05, 0.1) is 5.75 Å². The summed E-state index contributed by atoms with van der Waals surface area (Å²) in [7, 11) is 0. The maximum absolute atomic E-state index is 12.3. The molecule has 0 fully saturated rings. The second-order valence-electron chi connectivity index (χ2n) is 6.69. The smallest absolute Gasteiger partial charge is 0.234 e. The summed E-state index contributed by atoms with van der Waals surface area (Å²) in [4.78, 5) is 12.3. The lowest BCUT2D eigenvalue weighted by atomic mass is 10.1. The molecule has 0 bridgehead atoms. The van der Waals surface area contributed by atoms with Gasteiger partial charge in [0.2, 0.25) is 5.91 Å². The van der Waals surface area contributed by atoms with Crippen LogP contribution in [-0.4, -0.2) is 26.4 Å². The normalized spacial score (nSPS) is 11.9. The SMILES string of the molecule is CCc1ccc(NC(=O)CSc2nnc(C(C)Oc3ccc(Br)cc3)n2CC)cc1. The number of halogens is 1. The quantitative estimate of drug-likeness (QED) is 0.403. The molecule has 1 aromatic heterocycles. The van der Waals surface area contributed by atoms with Crippen LogP contribution in [0.2, 0.25) is 0 Å².